The van der Waals surface area contributed by atoms with E-state index in [1.165, 1.54) is 0 Å². The Bertz CT molecular complexity index is 578. The smallest absolute Gasteiger partial charge is 0.156 e. The van der Waals surface area contributed by atoms with Crippen LogP contribution in [0.3, 0.4) is 0 Å². The van der Waals surface area contributed by atoms with Crippen LogP contribution in [0.25, 0.3) is 10.8 Å². The van der Waals surface area contributed by atoms with Gasteiger partial charge >= 0.3 is 0 Å². The molecule has 0 bridgehead atoms. The van der Waals surface area contributed by atoms with E-state index < -0.39 is 0 Å². The molecule has 0 spiro atoms. The van der Waals surface area contributed by atoms with Crippen molar-refractivity contribution in [2.45, 2.75) is 33.6 Å². The van der Waals surface area contributed by atoms with Crippen molar-refractivity contribution in [2.24, 2.45) is 11.1 Å². The molecule has 108 valence electrons. The van der Waals surface area contributed by atoms with Gasteiger partial charge in [-0.3, -0.25) is 0 Å². The highest BCUT2D eigenvalue weighted by Gasteiger charge is 2.17. The van der Waals surface area contributed by atoms with Gasteiger partial charge in [0.2, 0.25) is 0 Å². The summed E-state index contributed by atoms with van der Waals surface area (Å²) in [6.07, 6.45) is 2.16. The number of nitrogens with one attached hydrogen (secondary N) is 1. The fourth-order valence-electron chi connectivity index (χ4n) is 2.36. The van der Waals surface area contributed by atoms with Crippen LogP contribution in [-0.4, -0.2) is 23.3 Å². The lowest BCUT2D eigenvalue weighted by Crippen LogP contribution is -2.24. The molecule has 1 aromatic carbocycles. The summed E-state index contributed by atoms with van der Waals surface area (Å²) in [6.45, 7) is 8.11. The minimum atomic E-state index is 0.201. The number of hydrogen-bond donors (Lipinski definition) is 2. The fraction of sp³-hybridized carbons (Fsp3) is 0.500. The van der Waals surface area contributed by atoms with Crippen molar-refractivity contribution in [1.29, 1.82) is 0 Å². The molecule has 0 amide bonds. The number of nitrogens with zero attached hydrogens (tertiary/aromatic N) is 2. The van der Waals surface area contributed by atoms with Gasteiger partial charge in [-0.25, -0.2) is 0 Å². The molecule has 0 saturated carbocycles. The summed E-state index contributed by atoms with van der Waals surface area (Å²) in [5.74, 6) is 0.868. The molecule has 0 aliphatic rings. The number of nitrogens with two attached hydrogens (primary N) is 1. The molecule has 0 radical (unpaired) electrons. The van der Waals surface area contributed by atoms with Crippen molar-refractivity contribution >= 4 is 16.6 Å². The van der Waals surface area contributed by atoms with Crippen LogP contribution in [0.5, 0.6) is 0 Å². The number of aryl methyl sites for hydroxylation is 1. The third-order valence-corrected chi connectivity index (χ3v) is 3.66. The number of aromatic nitrogens is 2. The van der Waals surface area contributed by atoms with E-state index in [2.05, 4.69) is 41.5 Å². The summed E-state index contributed by atoms with van der Waals surface area (Å²) in [6, 6.07) is 8.25. The van der Waals surface area contributed by atoms with Crippen molar-refractivity contribution in [2.75, 3.05) is 18.4 Å². The van der Waals surface area contributed by atoms with E-state index >= 15 is 0 Å². The summed E-state index contributed by atoms with van der Waals surface area (Å²) in [4.78, 5) is 0. The van der Waals surface area contributed by atoms with Gasteiger partial charge in [-0.1, -0.05) is 38.1 Å². The van der Waals surface area contributed by atoms with Gasteiger partial charge < -0.3 is 11.1 Å². The van der Waals surface area contributed by atoms with Crippen molar-refractivity contribution < 1.29 is 0 Å². The summed E-state index contributed by atoms with van der Waals surface area (Å²) in [7, 11) is 0. The normalized spacial score (nSPS) is 11.8. The van der Waals surface area contributed by atoms with Crippen molar-refractivity contribution in [1.82, 2.24) is 10.2 Å². The van der Waals surface area contributed by atoms with E-state index in [0.717, 1.165) is 48.2 Å². The van der Waals surface area contributed by atoms with E-state index in [-0.39, 0.29) is 5.41 Å². The third kappa shape index (κ3) is 3.45. The molecule has 0 aliphatic carbocycles. The zero-order valence-electron chi connectivity index (χ0n) is 12.6. The minimum Gasteiger partial charge on any atom is -0.368 e. The van der Waals surface area contributed by atoms with Gasteiger partial charge in [0, 0.05) is 17.3 Å². The Labute approximate surface area is 120 Å². The number of fused-ring (bicyclic) bond motifs is 1. The zero-order chi connectivity index (χ0) is 14.6. The van der Waals surface area contributed by atoms with Gasteiger partial charge in [0.05, 0.1) is 5.69 Å². The van der Waals surface area contributed by atoms with Crippen LogP contribution in [0.2, 0.25) is 0 Å². The van der Waals surface area contributed by atoms with Crippen molar-refractivity contribution in [3.8, 4) is 0 Å². The largest absolute Gasteiger partial charge is 0.368 e. The van der Waals surface area contributed by atoms with Crippen molar-refractivity contribution in [3.05, 3.63) is 30.0 Å². The molecule has 2 rings (SSSR count). The molecule has 4 heteroatoms. The minimum absolute atomic E-state index is 0.201. The van der Waals surface area contributed by atoms with E-state index in [1.54, 1.807) is 0 Å². The average molecular weight is 272 g/mol. The molecule has 0 saturated heterocycles. The van der Waals surface area contributed by atoms with Crippen LogP contribution in [0.1, 0.15) is 32.4 Å². The van der Waals surface area contributed by atoms with E-state index in [9.17, 15) is 0 Å². The third-order valence-electron chi connectivity index (χ3n) is 3.66. The van der Waals surface area contributed by atoms with E-state index in [0.29, 0.717) is 0 Å². The number of anilines is 1. The Balaban J connectivity index is 2.16. The maximum atomic E-state index is 5.59. The molecule has 3 N–H and O–H groups in total. The summed E-state index contributed by atoms with van der Waals surface area (Å²) < 4.78 is 0. The first-order valence-corrected chi connectivity index (χ1v) is 7.19. The van der Waals surface area contributed by atoms with Crippen LogP contribution < -0.4 is 11.1 Å². The summed E-state index contributed by atoms with van der Waals surface area (Å²) in [5.41, 5.74) is 6.76. The number of rotatable bonds is 6. The quantitative estimate of drug-likeness (QED) is 0.848. The lowest BCUT2D eigenvalue weighted by Gasteiger charge is -2.25. The highest BCUT2D eigenvalue weighted by atomic mass is 15.2. The predicted octanol–water partition coefficient (Wildman–Crippen LogP) is 3.12. The van der Waals surface area contributed by atoms with Crippen LogP contribution in [0, 0.1) is 12.3 Å². The monoisotopic (exact) mass is 272 g/mol. The molecular formula is C16H24N4. The molecule has 1 aromatic heterocycles. The molecule has 0 aliphatic heterocycles. The van der Waals surface area contributed by atoms with Gasteiger partial charge in [0.15, 0.2) is 5.82 Å². The maximum absolute atomic E-state index is 5.59. The Morgan fingerprint density at radius 1 is 1.15 bits per heavy atom. The van der Waals surface area contributed by atoms with Crippen LogP contribution in [-0.2, 0) is 0 Å². The topological polar surface area (TPSA) is 63.8 Å². The van der Waals surface area contributed by atoms with Gasteiger partial charge in [0.25, 0.3) is 0 Å². The second kappa shape index (κ2) is 6.18. The van der Waals surface area contributed by atoms with Gasteiger partial charge in [0.1, 0.15) is 0 Å². The summed E-state index contributed by atoms with van der Waals surface area (Å²) in [5, 5.41) is 14.3. The van der Waals surface area contributed by atoms with Crippen LogP contribution in [0.15, 0.2) is 24.3 Å². The van der Waals surface area contributed by atoms with Gasteiger partial charge in [-0.05, 0) is 31.7 Å². The fourth-order valence-corrected chi connectivity index (χ4v) is 2.36. The predicted molar refractivity (Wildman–Crippen MR) is 84.8 cm³/mol. The summed E-state index contributed by atoms with van der Waals surface area (Å²) >= 11 is 0. The second-order valence-electron chi connectivity index (χ2n) is 6.09. The van der Waals surface area contributed by atoms with E-state index in [1.807, 2.05) is 19.1 Å². The number of benzene rings is 1. The van der Waals surface area contributed by atoms with Crippen molar-refractivity contribution in [3.63, 3.8) is 0 Å². The molecule has 0 atom stereocenters. The Hall–Kier alpha value is -1.68. The second-order valence-corrected chi connectivity index (χ2v) is 6.09. The van der Waals surface area contributed by atoms with E-state index in [4.69, 9.17) is 5.73 Å². The zero-order valence-corrected chi connectivity index (χ0v) is 12.6. The molecule has 2 aromatic rings. The molecular weight excluding hydrogens is 248 g/mol. The van der Waals surface area contributed by atoms with Crippen LogP contribution in [0.4, 0.5) is 5.82 Å². The van der Waals surface area contributed by atoms with Gasteiger partial charge in [-0.2, -0.15) is 5.10 Å². The molecule has 1 heterocycles. The van der Waals surface area contributed by atoms with Crippen LogP contribution >= 0.6 is 0 Å². The molecule has 0 unspecified atom stereocenters. The highest BCUT2D eigenvalue weighted by molar-refractivity contribution is 5.92. The maximum Gasteiger partial charge on any atom is 0.156 e. The molecule has 0 fully saturated rings. The Kier molecular flexibility index (Phi) is 4.55. The van der Waals surface area contributed by atoms with Gasteiger partial charge in [-0.15, -0.1) is 5.10 Å². The average Bonchev–Trinajstić information content (AvgIpc) is 2.45. The Morgan fingerprint density at radius 2 is 1.85 bits per heavy atom. The Morgan fingerprint density at radius 3 is 2.55 bits per heavy atom. The first kappa shape index (κ1) is 14.7. The lowest BCUT2D eigenvalue weighted by atomic mass is 9.88. The molecule has 20 heavy (non-hydrogen) atoms. The number of hydrogen-bond acceptors (Lipinski definition) is 4. The highest BCUT2D eigenvalue weighted by Crippen LogP contribution is 2.26. The lowest BCUT2D eigenvalue weighted by molar-refractivity contribution is 0.350. The standard InChI is InChI=1S/C16H24N4/c1-12-13-7-4-5-8-14(13)15(20-19-12)18-11-16(2,3)9-6-10-17/h4-5,7-8H,6,9-11,17H2,1-3H3,(H,18,20). The first-order chi connectivity index (χ1) is 9.53. The first-order valence-electron chi connectivity index (χ1n) is 7.19. The molecule has 4 nitrogen and oxygen atoms in total. The SMILES string of the molecule is Cc1nnc(NCC(C)(C)CCCN)c2ccccc12.